The number of rotatable bonds is 8. The smallest absolute Gasteiger partial charge is 0.340 e. The second-order valence-electron chi connectivity index (χ2n) is 6.23. The maximum atomic E-state index is 12.5. The van der Waals surface area contributed by atoms with Gasteiger partial charge in [0.2, 0.25) is 0 Å². The van der Waals surface area contributed by atoms with Gasteiger partial charge < -0.3 is 14.0 Å². The standard InChI is InChI=1S/C20H29NO3/c1-6-9-14(4)24-16-10-11-18-17(13-16)19(20(22)23-8-3)15(5)21(18)12-7-2/h10-11,13-14H,6-9,12H2,1-5H3/t14-/m1/s1. The Morgan fingerprint density at radius 2 is 1.96 bits per heavy atom. The monoisotopic (exact) mass is 331 g/mol. The molecule has 2 aromatic rings. The molecule has 2 rings (SSSR count). The fourth-order valence-electron chi connectivity index (χ4n) is 3.21. The van der Waals surface area contributed by atoms with E-state index < -0.39 is 0 Å². The van der Waals surface area contributed by atoms with Crippen LogP contribution >= 0.6 is 0 Å². The minimum absolute atomic E-state index is 0.164. The first-order valence-corrected chi connectivity index (χ1v) is 9.00. The summed E-state index contributed by atoms with van der Waals surface area (Å²) in [7, 11) is 0. The molecular formula is C20H29NO3. The van der Waals surface area contributed by atoms with Crippen LogP contribution in [0.2, 0.25) is 0 Å². The molecular weight excluding hydrogens is 302 g/mol. The zero-order chi connectivity index (χ0) is 17.7. The number of carbonyl (C=O) groups excluding carboxylic acids is 1. The summed E-state index contributed by atoms with van der Waals surface area (Å²) in [4.78, 5) is 12.5. The van der Waals surface area contributed by atoms with Crippen molar-refractivity contribution in [2.45, 2.75) is 66.5 Å². The first-order chi connectivity index (χ1) is 11.5. The van der Waals surface area contributed by atoms with E-state index in [1.54, 1.807) is 0 Å². The summed E-state index contributed by atoms with van der Waals surface area (Å²) < 4.78 is 13.5. The van der Waals surface area contributed by atoms with E-state index >= 15 is 0 Å². The number of aryl methyl sites for hydroxylation is 1. The van der Waals surface area contributed by atoms with Crippen LogP contribution in [0.4, 0.5) is 0 Å². The molecule has 0 spiro atoms. The Morgan fingerprint density at radius 1 is 1.21 bits per heavy atom. The lowest BCUT2D eigenvalue weighted by Gasteiger charge is -2.14. The first-order valence-electron chi connectivity index (χ1n) is 9.00. The van der Waals surface area contributed by atoms with Gasteiger partial charge in [-0.15, -0.1) is 0 Å². The SMILES string of the molecule is CCC[C@@H](C)Oc1ccc2c(c1)c(C(=O)OCC)c(C)n2CCC. The predicted octanol–water partition coefficient (Wildman–Crippen LogP) is 5.10. The van der Waals surface area contributed by atoms with Crippen molar-refractivity contribution in [3.05, 3.63) is 29.5 Å². The zero-order valence-corrected chi connectivity index (χ0v) is 15.5. The van der Waals surface area contributed by atoms with Gasteiger partial charge in [0, 0.05) is 23.1 Å². The van der Waals surface area contributed by atoms with Crippen LogP contribution in [-0.4, -0.2) is 23.2 Å². The molecule has 4 nitrogen and oxygen atoms in total. The van der Waals surface area contributed by atoms with E-state index in [1.165, 1.54) is 0 Å². The van der Waals surface area contributed by atoms with Gasteiger partial charge in [0.1, 0.15) is 5.75 Å². The third-order valence-electron chi connectivity index (χ3n) is 4.25. The largest absolute Gasteiger partial charge is 0.491 e. The molecule has 0 bridgehead atoms. The number of hydrogen-bond donors (Lipinski definition) is 0. The Bertz CT molecular complexity index is 702. The van der Waals surface area contributed by atoms with Crippen molar-refractivity contribution in [1.29, 1.82) is 0 Å². The highest BCUT2D eigenvalue weighted by Gasteiger charge is 2.21. The summed E-state index contributed by atoms with van der Waals surface area (Å²) in [5.74, 6) is 0.552. The second-order valence-corrected chi connectivity index (χ2v) is 6.23. The molecule has 4 heteroatoms. The van der Waals surface area contributed by atoms with Gasteiger partial charge in [-0.2, -0.15) is 0 Å². The van der Waals surface area contributed by atoms with Crippen LogP contribution in [0.15, 0.2) is 18.2 Å². The Morgan fingerprint density at radius 3 is 2.58 bits per heavy atom. The summed E-state index contributed by atoms with van der Waals surface area (Å²) in [6.45, 7) is 11.4. The van der Waals surface area contributed by atoms with Crippen molar-refractivity contribution >= 4 is 16.9 Å². The first kappa shape index (κ1) is 18.4. The maximum Gasteiger partial charge on any atom is 0.340 e. The summed E-state index contributed by atoms with van der Waals surface area (Å²) in [5.41, 5.74) is 2.69. The molecule has 0 saturated carbocycles. The van der Waals surface area contributed by atoms with E-state index in [0.717, 1.165) is 48.2 Å². The third-order valence-corrected chi connectivity index (χ3v) is 4.25. The van der Waals surface area contributed by atoms with Gasteiger partial charge in [-0.05, 0) is 51.8 Å². The van der Waals surface area contributed by atoms with E-state index in [2.05, 4.69) is 31.4 Å². The van der Waals surface area contributed by atoms with Crippen molar-refractivity contribution in [2.75, 3.05) is 6.61 Å². The number of nitrogens with zero attached hydrogens (tertiary/aromatic N) is 1. The van der Waals surface area contributed by atoms with Crippen molar-refractivity contribution in [2.24, 2.45) is 0 Å². The number of benzene rings is 1. The zero-order valence-electron chi connectivity index (χ0n) is 15.5. The van der Waals surface area contributed by atoms with Gasteiger partial charge in [0.15, 0.2) is 0 Å². The van der Waals surface area contributed by atoms with E-state index in [0.29, 0.717) is 12.2 Å². The van der Waals surface area contributed by atoms with Crippen LogP contribution in [0.3, 0.4) is 0 Å². The topological polar surface area (TPSA) is 40.5 Å². The fourth-order valence-corrected chi connectivity index (χ4v) is 3.21. The Balaban J connectivity index is 2.51. The fraction of sp³-hybridized carbons (Fsp3) is 0.550. The third kappa shape index (κ3) is 3.74. The molecule has 1 heterocycles. The molecule has 0 aliphatic rings. The molecule has 24 heavy (non-hydrogen) atoms. The quantitative estimate of drug-likeness (QED) is 0.632. The van der Waals surface area contributed by atoms with Crippen molar-refractivity contribution in [3.8, 4) is 5.75 Å². The highest BCUT2D eigenvalue weighted by atomic mass is 16.5. The molecule has 1 aromatic carbocycles. The minimum Gasteiger partial charge on any atom is -0.491 e. The molecule has 0 aliphatic heterocycles. The van der Waals surface area contributed by atoms with Crippen LogP contribution in [0.5, 0.6) is 5.75 Å². The molecule has 0 fully saturated rings. The Kier molecular flexibility index (Phi) is 6.29. The van der Waals surface area contributed by atoms with Crippen molar-refractivity contribution in [1.82, 2.24) is 4.57 Å². The number of ether oxygens (including phenoxy) is 2. The second kappa shape index (κ2) is 8.22. The molecule has 0 saturated heterocycles. The maximum absolute atomic E-state index is 12.5. The summed E-state index contributed by atoms with van der Waals surface area (Å²) >= 11 is 0. The van der Waals surface area contributed by atoms with Gasteiger partial charge in [-0.1, -0.05) is 20.3 Å². The van der Waals surface area contributed by atoms with Crippen LogP contribution in [0.25, 0.3) is 10.9 Å². The number of carbonyl (C=O) groups is 1. The molecule has 0 unspecified atom stereocenters. The number of esters is 1. The van der Waals surface area contributed by atoms with Crippen molar-refractivity contribution in [3.63, 3.8) is 0 Å². The van der Waals surface area contributed by atoms with E-state index in [1.807, 2.05) is 26.0 Å². The summed E-state index contributed by atoms with van der Waals surface area (Å²) in [5, 5.41) is 0.917. The highest BCUT2D eigenvalue weighted by Crippen LogP contribution is 2.31. The van der Waals surface area contributed by atoms with Gasteiger partial charge >= 0.3 is 5.97 Å². The molecule has 0 aliphatic carbocycles. The molecule has 0 N–H and O–H groups in total. The summed E-state index contributed by atoms with van der Waals surface area (Å²) in [6, 6.07) is 6.02. The lowest BCUT2D eigenvalue weighted by atomic mass is 10.1. The lowest BCUT2D eigenvalue weighted by molar-refractivity contribution is 0.0527. The molecule has 132 valence electrons. The molecule has 0 amide bonds. The minimum atomic E-state index is -0.256. The predicted molar refractivity (Wildman–Crippen MR) is 97.9 cm³/mol. The van der Waals surface area contributed by atoms with E-state index in [9.17, 15) is 4.79 Å². The molecule has 0 radical (unpaired) electrons. The Hall–Kier alpha value is -1.97. The normalized spacial score (nSPS) is 12.4. The number of fused-ring (bicyclic) bond motifs is 1. The van der Waals surface area contributed by atoms with Gasteiger partial charge in [0.25, 0.3) is 0 Å². The van der Waals surface area contributed by atoms with E-state index in [-0.39, 0.29) is 12.1 Å². The van der Waals surface area contributed by atoms with Gasteiger partial charge in [-0.3, -0.25) is 0 Å². The van der Waals surface area contributed by atoms with Gasteiger partial charge in [0.05, 0.1) is 18.3 Å². The van der Waals surface area contributed by atoms with Gasteiger partial charge in [-0.25, -0.2) is 4.79 Å². The van der Waals surface area contributed by atoms with Crippen LogP contribution in [0, 0.1) is 6.92 Å². The average Bonchev–Trinajstić information content (AvgIpc) is 2.80. The highest BCUT2D eigenvalue weighted by molar-refractivity contribution is 6.06. The average molecular weight is 331 g/mol. The number of hydrogen-bond acceptors (Lipinski definition) is 3. The summed E-state index contributed by atoms with van der Waals surface area (Å²) in [6.07, 6.45) is 3.28. The molecule has 1 atom stereocenters. The lowest BCUT2D eigenvalue weighted by Crippen LogP contribution is -2.11. The van der Waals surface area contributed by atoms with Crippen molar-refractivity contribution < 1.29 is 14.3 Å². The Labute approximate surface area is 144 Å². The number of aromatic nitrogens is 1. The van der Waals surface area contributed by atoms with E-state index in [4.69, 9.17) is 9.47 Å². The molecule has 1 aromatic heterocycles. The van der Waals surface area contributed by atoms with Crippen LogP contribution < -0.4 is 4.74 Å². The van der Waals surface area contributed by atoms with Crippen LogP contribution in [0.1, 0.15) is 63.0 Å². The van der Waals surface area contributed by atoms with Crippen LogP contribution in [-0.2, 0) is 11.3 Å².